The molecule has 0 atom stereocenters. The zero-order valence-corrected chi connectivity index (χ0v) is 18.3. The van der Waals surface area contributed by atoms with E-state index in [0.29, 0.717) is 22.7 Å². The Morgan fingerprint density at radius 3 is 2.50 bits per heavy atom. The maximum absolute atomic E-state index is 13.7. The molecule has 0 N–H and O–H groups in total. The third kappa shape index (κ3) is 3.72. The molecule has 0 spiro atoms. The van der Waals surface area contributed by atoms with Crippen LogP contribution in [0.15, 0.2) is 59.8 Å². The first-order valence-corrected chi connectivity index (χ1v) is 11.6. The predicted molar refractivity (Wildman–Crippen MR) is 118 cm³/mol. The third-order valence-corrected chi connectivity index (χ3v) is 7.44. The lowest BCUT2D eigenvalue weighted by Gasteiger charge is -2.34. The van der Waals surface area contributed by atoms with Gasteiger partial charge < -0.3 is 4.90 Å². The SMILES string of the molecule is O=[N+]([O-])c1ccccc1S(=O)(=O)N1CCN(c2ncnc3c2nnn3-c2cccc(F)c2)CC1. The molecule has 0 radical (unpaired) electrons. The van der Waals surface area contributed by atoms with E-state index in [0.717, 1.165) is 0 Å². The maximum Gasteiger partial charge on any atom is 0.289 e. The molecule has 0 amide bonds. The summed E-state index contributed by atoms with van der Waals surface area (Å²) in [4.78, 5) is 20.6. The number of fused-ring (bicyclic) bond motifs is 1. The number of rotatable bonds is 5. The lowest BCUT2D eigenvalue weighted by atomic mass is 10.3. The highest BCUT2D eigenvalue weighted by atomic mass is 32.2. The van der Waals surface area contributed by atoms with Crippen LogP contribution < -0.4 is 4.90 Å². The molecule has 0 aliphatic carbocycles. The normalized spacial score (nSPS) is 15.0. The molecule has 1 aliphatic heterocycles. The van der Waals surface area contributed by atoms with Crippen molar-refractivity contribution in [2.24, 2.45) is 0 Å². The van der Waals surface area contributed by atoms with Crippen LogP contribution in [0.4, 0.5) is 15.9 Å². The van der Waals surface area contributed by atoms with E-state index in [4.69, 9.17) is 0 Å². The minimum absolute atomic E-state index is 0.0952. The Morgan fingerprint density at radius 2 is 1.76 bits per heavy atom. The maximum atomic E-state index is 13.7. The molecular formula is C20H17FN8O4S. The number of nitro benzene ring substituents is 1. The van der Waals surface area contributed by atoms with E-state index in [-0.39, 0.29) is 31.1 Å². The molecule has 174 valence electrons. The molecule has 2 aromatic carbocycles. The van der Waals surface area contributed by atoms with Gasteiger partial charge in [0.2, 0.25) is 10.0 Å². The predicted octanol–water partition coefficient (Wildman–Crippen LogP) is 1.77. The van der Waals surface area contributed by atoms with Crippen LogP contribution >= 0.6 is 0 Å². The highest BCUT2D eigenvalue weighted by Crippen LogP contribution is 2.29. The number of hydrogen-bond acceptors (Lipinski definition) is 9. The fourth-order valence-electron chi connectivity index (χ4n) is 3.86. The van der Waals surface area contributed by atoms with Crippen molar-refractivity contribution in [2.45, 2.75) is 4.90 Å². The number of hydrogen-bond donors (Lipinski definition) is 0. The van der Waals surface area contributed by atoms with Crippen LogP contribution in [-0.2, 0) is 10.0 Å². The number of benzene rings is 2. The van der Waals surface area contributed by atoms with Crippen molar-refractivity contribution in [1.29, 1.82) is 0 Å². The molecule has 5 rings (SSSR count). The number of para-hydroxylation sites is 1. The van der Waals surface area contributed by atoms with Gasteiger partial charge in [0, 0.05) is 32.2 Å². The number of aromatic nitrogens is 5. The van der Waals surface area contributed by atoms with E-state index in [1.807, 2.05) is 4.90 Å². The van der Waals surface area contributed by atoms with Gasteiger partial charge in [-0.2, -0.15) is 8.99 Å². The first kappa shape index (κ1) is 21.8. The quantitative estimate of drug-likeness (QED) is 0.306. The first-order valence-electron chi connectivity index (χ1n) is 10.2. The molecule has 1 fully saturated rings. The molecule has 3 heterocycles. The smallest absolute Gasteiger partial charge is 0.289 e. The molecule has 4 aromatic rings. The van der Waals surface area contributed by atoms with Crippen molar-refractivity contribution in [3.8, 4) is 5.69 Å². The summed E-state index contributed by atoms with van der Waals surface area (Å²) in [6, 6.07) is 11.1. The molecule has 2 aromatic heterocycles. The fraction of sp³-hybridized carbons (Fsp3) is 0.200. The summed E-state index contributed by atoms with van der Waals surface area (Å²) in [6.07, 6.45) is 1.34. The van der Waals surface area contributed by atoms with Crippen molar-refractivity contribution in [1.82, 2.24) is 29.3 Å². The topological polar surface area (TPSA) is 140 Å². The molecule has 1 aliphatic rings. The second kappa shape index (κ2) is 8.39. The number of piperazine rings is 1. The largest absolute Gasteiger partial charge is 0.352 e. The molecule has 0 saturated carbocycles. The van der Waals surface area contributed by atoms with E-state index in [9.17, 15) is 22.9 Å². The van der Waals surface area contributed by atoms with E-state index < -0.39 is 26.5 Å². The highest BCUT2D eigenvalue weighted by molar-refractivity contribution is 7.89. The van der Waals surface area contributed by atoms with E-state index in [1.165, 1.54) is 51.7 Å². The zero-order chi connectivity index (χ0) is 23.9. The van der Waals surface area contributed by atoms with Crippen molar-refractivity contribution in [2.75, 3.05) is 31.1 Å². The fourth-order valence-corrected chi connectivity index (χ4v) is 5.44. The van der Waals surface area contributed by atoms with E-state index in [2.05, 4.69) is 20.3 Å². The minimum Gasteiger partial charge on any atom is -0.352 e. The van der Waals surface area contributed by atoms with Gasteiger partial charge in [0.05, 0.1) is 10.6 Å². The average Bonchev–Trinajstić information content (AvgIpc) is 3.28. The standard InChI is InChI=1S/C20H17FN8O4S/c21-14-4-3-5-15(12-14)28-20-18(24-25-28)19(22-13-23-20)26-8-10-27(11-9-26)34(32,33)17-7-2-1-6-16(17)29(30)31/h1-7,12-13H,8-11H2. The first-order chi connectivity index (χ1) is 16.4. The lowest BCUT2D eigenvalue weighted by Crippen LogP contribution is -2.49. The number of halogens is 1. The van der Waals surface area contributed by atoms with Crippen molar-refractivity contribution in [3.63, 3.8) is 0 Å². The molecule has 12 nitrogen and oxygen atoms in total. The van der Waals surface area contributed by atoms with Gasteiger partial charge in [-0.1, -0.05) is 23.4 Å². The van der Waals surface area contributed by atoms with Crippen LogP contribution in [0.1, 0.15) is 0 Å². The Bertz CT molecular complexity index is 1500. The molecule has 0 bridgehead atoms. The second-order valence-corrected chi connectivity index (χ2v) is 9.37. The highest BCUT2D eigenvalue weighted by Gasteiger charge is 2.34. The number of sulfonamides is 1. The lowest BCUT2D eigenvalue weighted by molar-refractivity contribution is -0.387. The summed E-state index contributed by atoms with van der Waals surface area (Å²) in [6.45, 7) is 0.743. The zero-order valence-electron chi connectivity index (χ0n) is 17.5. The van der Waals surface area contributed by atoms with Crippen LogP contribution in [-0.4, -0.2) is 68.8 Å². The van der Waals surface area contributed by atoms with Crippen LogP contribution in [0.5, 0.6) is 0 Å². The van der Waals surface area contributed by atoms with Gasteiger partial charge in [0.25, 0.3) is 5.69 Å². The summed E-state index contributed by atoms with van der Waals surface area (Å²) < 4.78 is 42.4. The van der Waals surface area contributed by atoms with Gasteiger partial charge in [-0.15, -0.1) is 5.10 Å². The van der Waals surface area contributed by atoms with Crippen LogP contribution in [0, 0.1) is 15.9 Å². The molecule has 1 saturated heterocycles. The van der Waals surface area contributed by atoms with Crippen LogP contribution in [0.3, 0.4) is 0 Å². The van der Waals surface area contributed by atoms with Gasteiger partial charge in [-0.05, 0) is 24.3 Å². The molecule has 34 heavy (non-hydrogen) atoms. The Kier molecular flexibility index (Phi) is 5.37. The second-order valence-electron chi connectivity index (χ2n) is 7.47. The summed E-state index contributed by atoms with van der Waals surface area (Å²) in [5, 5.41) is 19.5. The summed E-state index contributed by atoms with van der Waals surface area (Å²) in [7, 11) is -4.06. The average molecular weight is 484 g/mol. The van der Waals surface area contributed by atoms with Crippen molar-refractivity contribution >= 4 is 32.7 Å². The van der Waals surface area contributed by atoms with Gasteiger partial charge >= 0.3 is 0 Å². The van der Waals surface area contributed by atoms with E-state index in [1.54, 1.807) is 12.1 Å². The van der Waals surface area contributed by atoms with Gasteiger partial charge in [-0.3, -0.25) is 10.1 Å². The Labute approximate surface area is 192 Å². The van der Waals surface area contributed by atoms with Gasteiger partial charge in [0.15, 0.2) is 21.9 Å². The summed E-state index contributed by atoms with van der Waals surface area (Å²) in [5.41, 5.74) is 0.760. The minimum atomic E-state index is -4.06. The monoisotopic (exact) mass is 484 g/mol. The van der Waals surface area contributed by atoms with Crippen molar-refractivity contribution in [3.05, 3.63) is 70.8 Å². The van der Waals surface area contributed by atoms with E-state index >= 15 is 0 Å². The number of nitrogens with zero attached hydrogens (tertiary/aromatic N) is 8. The van der Waals surface area contributed by atoms with Crippen LogP contribution in [0.25, 0.3) is 16.9 Å². The Hall–Kier alpha value is -4.04. The van der Waals surface area contributed by atoms with Crippen LogP contribution in [0.2, 0.25) is 0 Å². The molecular weight excluding hydrogens is 467 g/mol. The van der Waals surface area contributed by atoms with Gasteiger partial charge in [0.1, 0.15) is 12.1 Å². The number of nitro groups is 1. The van der Waals surface area contributed by atoms with Crippen molar-refractivity contribution < 1.29 is 17.7 Å². The Balaban J connectivity index is 1.40. The molecule has 0 unspecified atom stereocenters. The number of anilines is 1. The Morgan fingerprint density at radius 1 is 1.00 bits per heavy atom. The summed E-state index contributed by atoms with van der Waals surface area (Å²) >= 11 is 0. The molecule has 14 heteroatoms. The van der Waals surface area contributed by atoms with Gasteiger partial charge in [-0.25, -0.2) is 22.8 Å². The summed E-state index contributed by atoms with van der Waals surface area (Å²) in [5.74, 6) is 0.0433. The third-order valence-electron chi connectivity index (χ3n) is 5.49.